The lowest BCUT2D eigenvalue weighted by Gasteiger charge is -2.11. The molecule has 0 fully saturated rings. The van der Waals surface area contributed by atoms with Crippen LogP contribution in [-0.2, 0) is 0 Å². The minimum absolute atomic E-state index is 0.220. The summed E-state index contributed by atoms with van der Waals surface area (Å²) >= 11 is 4.92. The van der Waals surface area contributed by atoms with E-state index in [1.165, 1.54) is 12.1 Å². The van der Waals surface area contributed by atoms with Crippen molar-refractivity contribution >= 4 is 33.7 Å². The van der Waals surface area contributed by atoms with E-state index in [2.05, 4.69) is 15.9 Å². The summed E-state index contributed by atoms with van der Waals surface area (Å²) in [6, 6.07) is 12.4. The number of carboxylic acid groups (broad SMARTS) is 1. The fraction of sp³-hybridized carbons (Fsp3) is 0.0714. The molecule has 19 heavy (non-hydrogen) atoms. The summed E-state index contributed by atoms with van der Waals surface area (Å²) in [4.78, 5) is 11.9. The standard InChI is InChI=1S/C14H11BrO3S/c1-19-13-5-3-2-4-12(13)18-11-7-6-9(14(16)17)8-10(11)15/h2-8H,1H3,(H,16,17). The number of carbonyl (C=O) groups is 1. The second kappa shape index (κ2) is 6.12. The zero-order valence-electron chi connectivity index (χ0n) is 10.1. The van der Waals surface area contributed by atoms with Crippen LogP contribution < -0.4 is 4.74 Å². The highest BCUT2D eigenvalue weighted by molar-refractivity contribution is 9.10. The molecule has 3 nitrogen and oxygen atoms in total. The first-order valence-corrected chi connectivity index (χ1v) is 7.47. The van der Waals surface area contributed by atoms with Crippen molar-refractivity contribution in [1.29, 1.82) is 0 Å². The van der Waals surface area contributed by atoms with Gasteiger partial charge in [0.15, 0.2) is 0 Å². The third-order valence-corrected chi connectivity index (χ3v) is 3.86. The summed E-state index contributed by atoms with van der Waals surface area (Å²) in [5.41, 5.74) is 0.220. The number of carboxylic acids is 1. The van der Waals surface area contributed by atoms with Crippen LogP contribution in [0.5, 0.6) is 11.5 Å². The Kier molecular flexibility index (Phi) is 4.50. The van der Waals surface area contributed by atoms with Gasteiger partial charge in [0, 0.05) is 4.90 Å². The Morgan fingerprint density at radius 2 is 1.95 bits per heavy atom. The van der Waals surface area contributed by atoms with Crippen molar-refractivity contribution in [3.05, 3.63) is 52.5 Å². The van der Waals surface area contributed by atoms with Crippen LogP contribution in [0.25, 0.3) is 0 Å². The van der Waals surface area contributed by atoms with Crippen LogP contribution in [-0.4, -0.2) is 17.3 Å². The van der Waals surface area contributed by atoms with Gasteiger partial charge < -0.3 is 9.84 Å². The topological polar surface area (TPSA) is 46.5 Å². The van der Waals surface area contributed by atoms with E-state index < -0.39 is 5.97 Å². The van der Waals surface area contributed by atoms with Gasteiger partial charge in [0.2, 0.25) is 0 Å². The molecule has 0 saturated heterocycles. The maximum absolute atomic E-state index is 10.9. The monoisotopic (exact) mass is 338 g/mol. The van der Waals surface area contributed by atoms with Gasteiger partial charge in [-0.1, -0.05) is 12.1 Å². The largest absolute Gasteiger partial charge is 0.478 e. The van der Waals surface area contributed by atoms with Crippen LogP contribution in [0.3, 0.4) is 0 Å². The average molecular weight is 339 g/mol. The molecule has 0 amide bonds. The van der Waals surface area contributed by atoms with Crippen molar-refractivity contribution in [2.75, 3.05) is 6.26 Å². The second-order valence-electron chi connectivity index (χ2n) is 3.70. The van der Waals surface area contributed by atoms with Crippen molar-refractivity contribution in [3.8, 4) is 11.5 Å². The lowest BCUT2D eigenvalue weighted by molar-refractivity contribution is 0.0697. The van der Waals surface area contributed by atoms with Gasteiger partial charge in [-0.25, -0.2) is 4.79 Å². The molecule has 0 bridgehead atoms. The third kappa shape index (κ3) is 3.30. The van der Waals surface area contributed by atoms with E-state index in [4.69, 9.17) is 9.84 Å². The van der Waals surface area contributed by atoms with Gasteiger partial charge in [-0.3, -0.25) is 0 Å². The first kappa shape index (κ1) is 14.0. The molecule has 0 aromatic heterocycles. The van der Waals surface area contributed by atoms with Gasteiger partial charge in [-0.15, -0.1) is 11.8 Å². The predicted molar refractivity (Wildman–Crippen MR) is 79.4 cm³/mol. The van der Waals surface area contributed by atoms with Gasteiger partial charge in [0.1, 0.15) is 11.5 Å². The fourth-order valence-electron chi connectivity index (χ4n) is 1.54. The maximum Gasteiger partial charge on any atom is 0.335 e. The normalized spacial score (nSPS) is 10.2. The Bertz CT molecular complexity index is 613. The molecule has 0 saturated carbocycles. The number of aromatic carboxylic acids is 1. The van der Waals surface area contributed by atoms with Gasteiger partial charge in [-0.05, 0) is 52.5 Å². The van der Waals surface area contributed by atoms with E-state index in [1.54, 1.807) is 17.8 Å². The van der Waals surface area contributed by atoms with E-state index in [-0.39, 0.29) is 5.56 Å². The summed E-state index contributed by atoms with van der Waals surface area (Å²) in [5, 5.41) is 8.91. The molecule has 0 aliphatic heterocycles. The summed E-state index contributed by atoms with van der Waals surface area (Å²) < 4.78 is 6.42. The SMILES string of the molecule is CSc1ccccc1Oc1ccc(C(=O)O)cc1Br. The lowest BCUT2D eigenvalue weighted by Crippen LogP contribution is -1.96. The predicted octanol–water partition coefficient (Wildman–Crippen LogP) is 4.66. The molecule has 0 heterocycles. The Morgan fingerprint density at radius 3 is 2.58 bits per heavy atom. The van der Waals surface area contributed by atoms with Gasteiger partial charge in [0.05, 0.1) is 10.0 Å². The van der Waals surface area contributed by atoms with Crippen LogP contribution in [0.4, 0.5) is 0 Å². The molecular weight excluding hydrogens is 328 g/mol. The van der Waals surface area contributed by atoms with Crippen LogP contribution in [0.15, 0.2) is 51.8 Å². The maximum atomic E-state index is 10.9. The molecular formula is C14H11BrO3S. The van der Waals surface area contributed by atoms with E-state index in [9.17, 15) is 4.79 Å². The fourth-order valence-corrected chi connectivity index (χ4v) is 2.52. The van der Waals surface area contributed by atoms with Crippen molar-refractivity contribution < 1.29 is 14.6 Å². The average Bonchev–Trinajstić information content (AvgIpc) is 2.41. The van der Waals surface area contributed by atoms with E-state index in [0.29, 0.717) is 10.2 Å². The summed E-state index contributed by atoms with van der Waals surface area (Å²) in [5.74, 6) is 0.377. The summed E-state index contributed by atoms with van der Waals surface area (Å²) in [7, 11) is 0. The van der Waals surface area contributed by atoms with Crippen molar-refractivity contribution in [2.45, 2.75) is 4.90 Å². The first-order valence-electron chi connectivity index (χ1n) is 5.45. The third-order valence-electron chi connectivity index (χ3n) is 2.47. The first-order chi connectivity index (χ1) is 9.11. The highest BCUT2D eigenvalue weighted by Crippen LogP contribution is 2.35. The van der Waals surface area contributed by atoms with Gasteiger partial charge in [0.25, 0.3) is 0 Å². The van der Waals surface area contributed by atoms with E-state index in [1.807, 2.05) is 30.5 Å². The number of para-hydroxylation sites is 1. The molecule has 2 rings (SSSR count). The number of hydrogen-bond donors (Lipinski definition) is 1. The number of ether oxygens (including phenoxy) is 1. The summed E-state index contributed by atoms with van der Waals surface area (Å²) in [6.45, 7) is 0. The second-order valence-corrected chi connectivity index (χ2v) is 5.41. The minimum Gasteiger partial charge on any atom is -0.478 e. The van der Waals surface area contributed by atoms with Crippen LogP contribution in [0.2, 0.25) is 0 Å². The molecule has 5 heteroatoms. The molecule has 0 unspecified atom stereocenters. The number of rotatable bonds is 4. The minimum atomic E-state index is -0.961. The van der Waals surface area contributed by atoms with Gasteiger partial charge >= 0.3 is 5.97 Å². The van der Waals surface area contributed by atoms with Crippen LogP contribution in [0.1, 0.15) is 10.4 Å². The molecule has 0 aliphatic rings. The summed E-state index contributed by atoms with van der Waals surface area (Å²) in [6.07, 6.45) is 1.98. The van der Waals surface area contributed by atoms with Crippen molar-refractivity contribution in [1.82, 2.24) is 0 Å². The molecule has 0 radical (unpaired) electrons. The zero-order chi connectivity index (χ0) is 13.8. The van der Waals surface area contributed by atoms with Crippen LogP contribution >= 0.6 is 27.7 Å². The quantitative estimate of drug-likeness (QED) is 0.823. The number of halogens is 1. The molecule has 2 aromatic carbocycles. The Hall–Kier alpha value is -1.46. The number of benzene rings is 2. The molecule has 0 spiro atoms. The highest BCUT2D eigenvalue weighted by atomic mass is 79.9. The lowest BCUT2D eigenvalue weighted by atomic mass is 10.2. The molecule has 98 valence electrons. The smallest absolute Gasteiger partial charge is 0.335 e. The Labute approximate surface area is 123 Å². The van der Waals surface area contributed by atoms with Crippen molar-refractivity contribution in [2.24, 2.45) is 0 Å². The molecule has 1 N–H and O–H groups in total. The van der Waals surface area contributed by atoms with Crippen molar-refractivity contribution in [3.63, 3.8) is 0 Å². The molecule has 0 aliphatic carbocycles. The zero-order valence-corrected chi connectivity index (χ0v) is 12.5. The van der Waals surface area contributed by atoms with Crippen LogP contribution in [0, 0.1) is 0 Å². The molecule has 0 atom stereocenters. The van der Waals surface area contributed by atoms with E-state index in [0.717, 1.165) is 10.6 Å². The molecule has 2 aromatic rings. The Morgan fingerprint density at radius 1 is 1.21 bits per heavy atom. The highest BCUT2D eigenvalue weighted by Gasteiger charge is 2.10. The Balaban J connectivity index is 2.31. The number of thioether (sulfide) groups is 1. The van der Waals surface area contributed by atoms with E-state index >= 15 is 0 Å². The van der Waals surface area contributed by atoms with Gasteiger partial charge in [-0.2, -0.15) is 0 Å². The number of hydrogen-bond acceptors (Lipinski definition) is 3.